The van der Waals surface area contributed by atoms with Crippen molar-refractivity contribution in [2.24, 2.45) is 0 Å². The molecule has 0 saturated heterocycles. The molecule has 148 valence electrons. The average molecular weight is 376 g/mol. The molecule has 0 atom stereocenters. The Morgan fingerprint density at radius 3 is 1.07 bits per heavy atom. The average Bonchev–Trinajstić information content (AvgIpc) is 2.68. The highest BCUT2D eigenvalue weighted by Crippen LogP contribution is 2.05. The Balaban J connectivity index is 1.32. The van der Waals surface area contributed by atoms with Crippen molar-refractivity contribution in [3.63, 3.8) is 0 Å². The molecule has 0 radical (unpaired) electrons. The maximum Gasteiger partial charge on any atom is 0.152 e. The van der Waals surface area contributed by atoms with Gasteiger partial charge in [-0.3, -0.25) is 0 Å². The Bertz CT molecular complexity index is 556. The summed E-state index contributed by atoms with van der Waals surface area (Å²) in [4.78, 5) is 0. The molecule has 2 rings (SSSR count). The van der Waals surface area contributed by atoms with Crippen LogP contribution in [0.5, 0.6) is 0 Å². The Hall–Kier alpha value is -1.80. The molecule has 27 heavy (non-hydrogen) atoms. The molecule has 2 aromatic carbocycles. The minimum Gasteiger partial charge on any atom is -0.351 e. The molecule has 2 aromatic rings. The van der Waals surface area contributed by atoms with Gasteiger partial charge in [-0.1, -0.05) is 59.7 Å². The van der Waals surface area contributed by atoms with Gasteiger partial charge in [0.15, 0.2) is 20.4 Å². The van der Waals surface area contributed by atoms with E-state index in [9.17, 15) is 0 Å². The van der Waals surface area contributed by atoms with Crippen LogP contribution < -0.4 is 0 Å². The van der Waals surface area contributed by atoms with Crippen LogP contribution in [0.4, 0.5) is 0 Å². The van der Waals surface area contributed by atoms with Gasteiger partial charge in [0, 0.05) is 0 Å². The van der Waals surface area contributed by atoms with Crippen LogP contribution in [0.15, 0.2) is 48.5 Å². The van der Waals surface area contributed by atoms with Gasteiger partial charge in [-0.2, -0.15) is 0 Å². The molecular weight excluding hydrogens is 348 g/mol. The number of hydrogen-bond acceptors (Lipinski definition) is 6. The Morgan fingerprint density at radius 2 is 0.741 bits per heavy atom. The summed E-state index contributed by atoms with van der Waals surface area (Å²) in [6.45, 7) is 5.72. The monoisotopic (exact) mass is 376 g/mol. The van der Waals surface area contributed by atoms with E-state index >= 15 is 0 Å². The molecule has 0 aromatic heterocycles. The third-order valence-electron chi connectivity index (χ3n) is 3.61. The first-order valence-corrected chi connectivity index (χ1v) is 8.81. The summed E-state index contributed by atoms with van der Waals surface area (Å²) in [5.41, 5.74) is 4.67. The second-order valence-corrected chi connectivity index (χ2v) is 6.07. The van der Waals surface area contributed by atoms with Crippen molar-refractivity contribution in [2.45, 2.75) is 27.1 Å². The van der Waals surface area contributed by atoms with E-state index in [2.05, 4.69) is 38.1 Å². The Kier molecular flexibility index (Phi) is 10.7. The highest BCUT2D eigenvalue weighted by molar-refractivity contribution is 5.21. The van der Waals surface area contributed by atoms with Gasteiger partial charge in [-0.25, -0.2) is 0 Å². The van der Waals surface area contributed by atoms with Gasteiger partial charge in [0.1, 0.15) is 13.6 Å². The molecule has 0 heterocycles. The summed E-state index contributed by atoms with van der Waals surface area (Å²) >= 11 is 0. The van der Waals surface area contributed by atoms with Crippen LogP contribution in [0.1, 0.15) is 22.3 Å². The van der Waals surface area contributed by atoms with E-state index in [0.29, 0.717) is 13.2 Å². The molecule has 0 N–H and O–H groups in total. The highest BCUT2D eigenvalue weighted by atomic mass is 16.8. The molecule has 0 aliphatic rings. The first kappa shape index (κ1) is 21.5. The molecule has 0 fully saturated rings. The Morgan fingerprint density at radius 1 is 0.444 bits per heavy atom. The van der Waals surface area contributed by atoms with Crippen LogP contribution in [0, 0.1) is 13.8 Å². The van der Waals surface area contributed by atoms with E-state index < -0.39 is 0 Å². The van der Waals surface area contributed by atoms with Crippen LogP contribution in [0.2, 0.25) is 0 Å². The van der Waals surface area contributed by atoms with Crippen LogP contribution >= 0.6 is 0 Å². The zero-order chi connectivity index (χ0) is 19.2. The molecule has 6 heteroatoms. The summed E-state index contributed by atoms with van der Waals surface area (Å²) in [7, 11) is 0. The number of ether oxygens (including phenoxy) is 6. The fourth-order valence-corrected chi connectivity index (χ4v) is 2.12. The second-order valence-electron chi connectivity index (χ2n) is 6.07. The quantitative estimate of drug-likeness (QED) is 0.368. The highest BCUT2D eigenvalue weighted by Gasteiger charge is 1.95. The lowest BCUT2D eigenvalue weighted by atomic mass is 10.2. The number of rotatable bonds is 14. The van der Waals surface area contributed by atoms with Gasteiger partial charge in [0.2, 0.25) is 0 Å². The van der Waals surface area contributed by atoms with E-state index in [0.717, 1.165) is 11.1 Å². The molecule has 6 nitrogen and oxygen atoms in total. The molecule has 0 aliphatic heterocycles. The number of hydrogen-bond donors (Lipinski definition) is 0. The lowest BCUT2D eigenvalue weighted by molar-refractivity contribution is -0.207. The summed E-state index contributed by atoms with van der Waals surface area (Å²) in [5, 5.41) is 0. The third kappa shape index (κ3) is 10.2. The van der Waals surface area contributed by atoms with Gasteiger partial charge in [-0.05, 0) is 25.0 Å². The normalized spacial score (nSPS) is 11.0. The lowest BCUT2D eigenvalue weighted by Crippen LogP contribution is -2.10. The predicted octanol–water partition coefficient (Wildman–Crippen LogP) is 3.89. The standard InChI is InChI=1S/C21H28O6/c1-18-3-7-20(8-4-18)11-22-13-24-15-26-17-27-16-25-14-23-12-21-9-5-19(2)6-10-21/h3-10H,11-17H2,1-2H3. The third-order valence-corrected chi connectivity index (χ3v) is 3.61. The van der Waals surface area contributed by atoms with E-state index in [1.807, 2.05) is 24.3 Å². The van der Waals surface area contributed by atoms with Crippen molar-refractivity contribution in [3.8, 4) is 0 Å². The van der Waals surface area contributed by atoms with E-state index in [4.69, 9.17) is 28.4 Å². The number of benzene rings is 2. The number of aryl methyl sites for hydroxylation is 2. The van der Waals surface area contributed by atoms with Crippen molar-refractivity contribution in [2.75, 3.05) is 34.0 Å². The summed E-state index contributed by atoms with van der Waals surface area (Å²) in [6.07, 6.45) is 0. The van der Waals surface area contributed by atoms with Crippen LogP contribution in [-0.4, -0.2) is 34.0 Å². The van der Waals surface area contributed by atoms with Crippen LogP contribution in [-0.2, 0) is 41.6 Å². The smallest absolute Gasteiger partial charge is 0.152 e. The molecule has 0 saturated carbocycles. The van der Waals surface area contributed by atoms with Crippen molar-refractivity contribution in [1.82, 2.24) is 0 Å². The SMILES string of the molecule is Cc1ccc(COCOCOCOCOCOCc2ccc(C)cc2)cc1. The summed E-state index contributed by atoms with van der Waals surface area (Å²) in [6, 6.07) is 16.3. The first-order valence-electron chi connectivity index (χ1n) is 8.81. The molecule has 0 unspecified atom stereocenters. The molecule has 0 bridgehead atoms. The Labute approximate surface area is 160 Å². The maximum absolute atomic E-state index is 5.39. The van der Waals surface area contributed by atoms with Crippen LogP contribution in [0.3, 0.4) is 0 Å². The summed E-state index contributed by atoms with van der Waals surface area (Å²) in [5.74, 6) is 0. The van der Waals surface area contributed by atoms with Crippen molar-refractivity contribution in [1.29, 1.82) is 0 Å². The minimum absolute atomic E-state index is 0.0793. The molecule has 0 amide bonds. The van der Waals surface area contributed by atoms with Crippen molar-refractivity contribution < 1.29 is 28.4 Å². The van der Waals surface area contributed by atoms with E-state index in [1.165, 1.54) is 11.1 Å². The largest absolute Gasteiger partial charge is 0.351 e. The fourth-order valence-electron chi connectivity index (χ4n) is 2.12. The van der Waals surface area contributed by atoms with Crippen molar-refractivity contribution in [3.05, 3.63) is 70.8 Å². The molecular formula is C21H28O6. The fraction of sp³-hybridized carbons (Fsp3) is 0.429. The van der Waals surface area contributed by atoms with Gasteiger partial charge in [-0.15, -0.1) is 0 Å². The first-order chi connectivity index (χ1) is 13.2. The predicted molar refractivity (Wildman–Crippen MR) is 101 cm³/mol. The molecule has 0 aliphatic carbocycles. The zero-order valence-corrected chi connectivity index (χ0v) is 16.0. The lowest BCUT2D eigenvalue weighted by Gasteiger charge is -2.09. The van der Waals surface area contributed by atoms with Gasteiger partial charge >= 0.3 is 0 Å². The van der Waals surface area contributed by atoms with Gasteiger partial charge in [0.05, 0.1) is 13.2 Å². The molecule has 0 spiro atoms. The van der Waals surface area contributed by atoms with Gasteiger partial charge in [0.25, 0.3) is 0 Å². The van der Waals surface area contributed by atoms with E-state index in [-0.39, 0.29) is 34.0 Å². The second kappa shape index (κ2) is 13.4. The minimum atomic E-state index is 0.0793. The maximum atomic E-state index is 5.39. The van der Waals surface area contributed by atoms with Crippen LogP contribution in [0.25, 0.3) is 0 Å². The van der Waals surface area contributed by atoms with E-state index in [1.54, 1.807) is 0 Å². The van der Waals surface area contributed by atoms with Crippen molar-refractivity contribution >= 4 is 0 Å². The van der Waals surface area contributed by atoms with Gasteiger partial charge < -0.3 is 28.4 Å². The summed E-state index contributed by atoms with van der Waals surface area (Å²) < 4.78 is 31.5. The zero-order valence-electron chi connectivity index (χ0n) is 16.0. The topological polar surface area (TPSA) is 55.4 Å².